The molecule has 22 heavy (non-hydrogen) atoms. The van der Waals surface area contributed by atoms with Crippen molar-refractivity contribution in [2.75, 3.05) is 6.54 Å². The van der Waals surface area contributed by atoms with Crippen LogP contribution in [0.5, 0.6) is 0 Å². The summed E-state index contributed by atoms with van der Waals surface area (Å²) in [5.74, 6) is -0.543. The van der Waals surface area contributed by atoms with E-state index in [2.05, 4.69) is 10.8 Å². The number of nitrogens with one attached hydrogen (secondary N) is 2. The molecule has 0 aliphatic heterocycles. The van der Waals surface area contributed by atoms with Crippen LogP contribution in [0.1, 0.15) is 39.5 Å². The lowest BCUT2D eigenvalue weighted by molar-refractivity contribution is -0.185. The summed E-state index contributed by atoms with van der Waals surface area (Å²) in [5.41, 5.74) is 0.346. The molecule has 1 rings (SSSR count). The number of urea groups is 1. The van der Waals surface area contributed by atoms with Crippen molar-refractivity contribution in [3.8, 4) is 0 Å². The highest BCUT2D eigenvalue weighted by molar-refractivity contribution is 7.09. The predicted molar refractivity (Wildman–Crippen MR) is 85.6 cm³/mol. The van der Waals surface area contributed by atoms with Gasteiger partial charge in [-0.2, -0.15) is 0 Å². The van der Waals surface area contributed by atoms with E-state index in [0.717, 1.165) is 6.42 Å². The third-order valence-electron chi connectivity index (χ3n) is 2.53. The zero-order valence-electron chi connectivity index (χ0n) is 13.7. The van der Waals surface area contributed by atoms with E-state index in [1.54, 1.807) is 32.1 Å². The van der Waals surface area contributed by atoms with Crippen LogP contribution in [0, 0.1) is 0 Å². The molecule has 0 unspecified atom stereocenters. The first-order chi connectivity index (χ1) is 10.1. The molecule has 0 aliphatic carbocycles. The Morgan fingerprint density at radius 2 is 1.91 bits per heavy atom. The van der Waals surface area contributed by atoms with Gasteiger partial charge in [-0.1, -0.05) is 6.07 Å². The number of hydroxylamine groups is 1. The molecule has 0 fully saturated rings. The van der Waals surface area contributed by atoms with Crippen LogP contribution in [-0.2, 0) is 20.8 Å². The Hall–Kier alpha value is -1.60. The second-order valence-corrected chi connectivity index (χ2v) is 7.33. The van der Waals surface area contributed by atoms with Gasteiger partial charge in [0.05, 0.1) is 0 Å². The first kappa shape index (κ1) is 18.4. The summed E-state index contributed by atoms with van der Waals surface area (Å²) < 4.78 is 5.23. The fraction of sp³-hybridized carbons (Fsp3) is 0.600. The smallest absolute Gasteiger partial charge is 0.341 e. The van der Waals surface area contributed by atoms with E-state index in [0.29, 0.717) is 6.54 Å². The first-order valence-corrected chi connectivity index (χ1v) is 7.96. The molecule has 0 radical (unpaired) electrons. The topological polar surface area (TPSA) is 76.7 Å². The molecule has 0 saturated heterocycles. The maximum absolute atomic E-state index is 11.9. The van der Waals surface area contributed by atoms with Crippen molar-refractivity contribution >= 4 is 23.3 Å². The van der Waals surface area contributed by atoms with E-state index in [9.17, 15) is 9.59 Å². The Morgan fingerprint density at radius 3 is 2.45 bits per heavy atom. The predicted octanol–water partition coefficient (Wildman–Crippen LogP) is 2.64. The van der Waals surface area contributed by atoms with Crippen molar-refractivity contribution in [2.24, 2.45) is 0 Å². The van der Waals surface area contributed by atoms with Crippen LogP contribution in [0.25, 0.3) is 0 Å². The van der Waals surface area contributed by atoms with Gasteiger partial charge in [-0.15, -0.1) is 11.3 Å². The van der Waals surface area contributed by atoms with Gasteiger partial charge in [0.15, 0.2) is 5.60 Å². The lowest BCUT2D eigenvalue weighted by atomic mass is 10.1. The van der Waals surface area contributed by atoms with Gasteiger partial charge in [-0.05, 0) is 52.5 Å². The van der Waals surface area contributed by atoms with Crippen LogP contribution in [0.4, 0.5) is 4.79 Å². The molecular formula is C15H24N2O4S. The highest BCUT2D eigenvalue weighted by Crippen LogP contribution is 2.16. The van der Waals surface area contributed by atoms with Crippen LogP contribution in [0.15, 0.2) is 17.5 Å². The van der Waals surface area contributed by atoms with Gasteiger partial charge in [-0.3, -0.25) is 4.84 Å². The van der Waals surface area contributed by atoms with Gasteiger partial charge >= 0.3 is 12.0 Å². The fourth-order valence-corrected chi connectivity index (χ4v) is 2.12. The number of amides is 2. The summed E-state index contributed by atoms with van der Waals surface area (Å²) in [5, 5.41) is 4.65. The molecule has 2 amide bonds. The van der Waals surface area contributed by atoms with Crippen molar-refractivity contribution in [1.29, 1.82) is 0 Å². The monoisotopic (exact) mass is 328 g/mol. The van der Waals surface area contributed by atoms with E-state index in [4.69, 9.17) is 9.57 Å². The highest BCUT2D eigenvalue weighted by atomic mass is 32.1. The van der Waals surface area contributed by atoms with Crippen molar-refractivity contribution in [1.82, 2.24) is 10.8 Å². The van der Waals surface area contributed by atoms with Crippen molar-refractivity contribution in [3.05, 3.63) is 22.4 Å². The summed E-state index contributed by atoms with van der Waals surface area (Å²) >= 11 is 1.64. The number of carbonyl (C=O) groups is 2. The number of thiophene rings is 1. The summed E-state index contributed by atoms with van der Waals surface area (Å²) in [6.45, 7) is 8.87. The average Bonchev–Trinajstić information content (AvgIpc) is 2.87. The third-order valence-corrected chi connectivity index (χ3v) is 3.46. The average molecular weight is 328 g/mol. The van der Waals surface area contributed by atoms with E-state index < -0.39 is 23.2 Å². The second-order valence-electron chi connectivity index (χ2n) is 6.30. The molecule has 0 spiro atoms. The molecule has 0 atom stereocenters. The quantitative estimate of drug-likeness (QED) is 0.622. The van der Waals surface area contributed by atoms with Gasteiger partial charge in [-0.25, -0.2) is 15.1 Å². The minimum Gasteiger partial charge on any atom is -0.458 e. The molecule has 0 aromatic carbocycles. The zero-order chi connectivity index (χ0) is 16.8. The summed E-state index contributed by atoms with van der Waals surface area (Å²) in [6.07, 6.45) is 0.751. The van der Waals surface area contributed by atoms with Gasteiger partial charge in [0.1, 0.15) is 5.60 Å². The molecule has 0 aliphatic rings. The van der Waals surface area contributed by atoms with Crippen molar-refractivity contribution < 1.29 is 19.2 Å². The SMILES string of the molecule is CC(C)(C)OC(=O)C(C)(C)ONC(=O)NCCc1cccs1. The number of hydrogen-bond donors (Lipinski definition) is 2. The van der Waals surface area contributed by atoms with Gasteiger partial charge < -0.3 is 10.1 Å². The molecule has 6 nitrogen and oxygen atoms in total. The van der Waals surface area contributed by atoms with E-state index in [1.165, 1.54) is 18.7 Å². The molecule has 2 N–H and O–H groups in total. The lowest BCUT2D eigenvalue weighted by Crippen LogP contribution is -2.47. The number of carbonyl (C=O) groups excluding carboxylic acids is 2. The summed E-state index contributed by atoms with van der Waals surface area (Å²) in [6, 6.07) is 3.48. The second kappa shape index (κ2) is 7.60. The third kappa shape index (κ3) is 6.91. The number of hydrogen-bond acceptors (Lipinski definition) is 5. The highest BCUT2D eigenvalue weighted by Gasteiger charge is 2.34. The van der Waals surface area contributed by atoms with Crippen LogP contribution in [0.3, 0.4) is 0 Å². The van der Waals surface area contributed by atoms with Crippen LogP contribution in [0.2, 0.25) is 0 Å². The molecular weight excluding hydrogens is 304 g/mol. The summed E-state index contributed by atoms with van der Waals surface area (Å²) in [4.78, 5) is 29.9. The molecule has 1 heterocycles. The van der Waals surface area contributed by atoms with Gasteiger partial charge in [0.2, 0.25) is 0 Å². The Balaban J connectivity index is 2.30. The minimum atomic E-state index is -1.27. The fourth-order valence-electron chi connectivity index (χ4n) is 1.41. The molecule has 1 aromatic rings. The maximum atomic E-state index is 11.9. The number of rotatable bonds is 6. The number of ether oxygens (including phenoxy) is 1. The zero-order valence-corrected chi connectivity index (χ0v) is 14.5. The van der Waals surface area contributed by atoms with Crippen LogP contribution < -0.4 is 10.8 Å². The molecule has 7 heteroatoms. The minimum absolute atomic E-state index is 0.489. The molecule has 0 bridgehead atoms. The Labute approximate surface area is 135 Å². The number of esters is 1. The Morgan fingerprint density at radius 1 is 1.23 bits per heavy atom. The lowest BCUT2D eigenvalue weighted by Gasteiger charge is -2.28. The Kier molecular flexibility index (Phi) is 6.37. The Bertz CT molecular complexity index is 492. The van der Waals surface area contributed by atoms with Crippen molar-refractivity contribution in [3.63, 3.8) is 0 Å². The van der Waals surface area contributed by atoms with Crippen molar-refractivity contribution in [2.45, 2.75) is 52.2 Å². The van der Waals surface area contributed by atoms with Gasteiger partial charge in [0.25, 0.3) is 0 Å². The standard InChI is InChI=1S/C15H24N2O4S/c1-14(2,3)20-12(18)15(4,5)21-17-13(19)16-9-8-11-7-6-10-22-11/h6-7,10H,8-9H2,1-5H3,(H2,16,17,19). The molecule has 0 saturated carbocycles. The van der Waals surface area contributed by atoms with Crippen LogP contribution in [-0.4, -0.2) is 29.7 Å². The largest absolute Gasteiger partial charge is 0.458 e. The molecule has 1 aromatic heterocycles. The van der Waals surface area contributed by atoms with E-state index >= 15 is 0 Å². The van der Waals surface area contributed by atoms with Gasteiger partial charge in [0, 0.05) is 11.4 Å². The summed E-state index contributed by atoms with van der Waals surface area (Å²) in [7, 11) is 0. The normalized spacial score (nSPS) is 11.9. The molecule has 124 valence electrons. The van der Waals surface area contributed by atoms with E-state index in [-0.39, 0.29) is 0 Å². The first-order valence-electron chi connectivity index (χ1n) is 7.08. The van der Waals surface area contributed by atoms with Crippen LogP contribution >= 0.6 is 11.3 Å². The van der Waals surface area contributed by atoms with E-state index in [1.807, 2.05) is 17.5 Å². The maximum Gasteiger partial charge on any atom is 0.341 e.